The minimum Gasteiger partial charge on any atom is -0.299 e. The molecular formula is C11H16O2. The third-order valence-electron chi connectivity index (χ3n) is 2.93. The Bertz CT molecular complexity index is 253. The largest absolute Gasteiger partial charge is 0.299 e. The molecule has 0 fully saturated rings. The number of allylic oxidation sites excluding steroid dienone is 2. The minimum absolute atomic E-state index is 0.207. The fourth-order valence-electron chi connectivity index (χ4n) is 1.77. The van der Waals surface area contributed by atoms with Crippen molar-refractivity contribution in [2.45, 2.75) is 39.5 Å². The lowest BCUT2D eigenvalue weighted by atomic mass is 9.73. The lowest BCUT2D eigenvalue weighted by Gasteiger charge is -2.29. The number of carbonyl (C=O) groups is 2. The Morgan fingerprint density at radius 2 is 2.38 bits per heavy atom. The lowest BCUT2D eigenvalue weighted by molar-refractivity contribution is -0.128. The topological polar surface area (TPSA) is 34.1 Å². The zero-order valence-corrected chi connectivity index (χ0v) is 8.30. The van der Waals surface area contributed by atoms with E-state index in [0.717, 1.165) is 31.1 Å². The average Bonchev–Trinajstić information content (AvgIpc) is 2.18. The SMILES string of the molecule is CCC(=O)C1(C)CC=C(C=O)CC1. The predicted octanol–water partition coefficient (Wildman–Crippen LogP) is 2.28. The third-order valence-corrected chi connectivity index (χ3v) is 2.93. The van der Waals surface area contributed by atoms with E-state index in [4.69, 9.17) is 0 Å². The standard InChI is InChI=1S/C11H16O2/c1-3-10(13)11(2)6-4-9(8-12)5-7-11/h4,8H,3,5-7H2,1-2H3. The van der Waals surface area contributed by atoms with Crippen LogP contribution in [0, 0.1) is 5.41 Å². The van der Waals surface area contributed by atoms with Gasteiger partial charge in [0.05, 0.1) is 0 Å². The van der Waals surface area contributed by atoms with E-state index >= 15 is 0 Å². The van der Waals surface area contributed by atoms with Crippen LogP contribution in [0.15, 0.2) is 11.6 Å². The minimum atomic E-state index is -0.207. The first kappa shape index (κ1) is 10.2. The highest BCUT2D eigenvalue weighted by Crippen LogP contribution is 2.35. The molecule has 0 bridgehead atoms. The van der Waals surface area contributed by atoms with Crippen molar-refractivity contribution < 1.29 is 9.59 Å². The van der Waals surface area contributed by atoms with Gasteiger partial charge in [0.1, 0.15) is 12.1 Å². The Morgan fingerprint density at radius 3 is 2.77 bits per heavy atom. The zero-order chi connectivity index (χ0) is 9.90. The maximum absolute atomic E-state index is 11.6. The summed E-state index contributed by atoms with van der Waals surface area (Å²) in [6.07, 6.45) is 5.71. The molecule has 2 nitrogen and oxygen atoms in total. The summed E-state index contributed by atoms with van der Waals surface area (Å²) in [6.45, 7) is 3.89. The van der Waals surface area contributed by atoms with Crippen LogP contribution in [-0.2, 0) is 9.59 Å². The van der Waals surface area contributed by atoms with E-state index in [9.17, 15) is 9.59 Å². The van der Waals surface area contributed by atoms with E-state index in [1.54, 1.807) is 0 Å². The van der Waals surface area contributed by atoms with Gasteiger partial charge in [0, 0.05) is 11.8 Å². The summed E-state index contributed by atoms with van der Waals surface area (Å²) in [5.74, 6) is 0.314. The summed E-state index contributed by atoms with van der Waals surface area (Å²) in [5.41, 5.74) is 0.641. The summed E-state index contributed by atoms with van der Waals surface area (Å²) in [7, 11) is 0. The Hall–Kier alpha value is -0.920. The van der Waals surface area contributed by atoms with Gasteiger partial charge in [0.25, 0.3) is 0 Å². The van der Waals surface area contributed by atoms with Crippen LogP contribution in [0.4, 0.5) is 0 Å². The molecule has 0 aliphatic heterocycles. The summed E-state index contributed by atoms with van der Waals surface area (Å²) in [5, 5.41) is 0. The molecule has 0 aromatic rings. The van der Waals surface area contributed by atoms with Crippen molar-refractivity contribution in [1.82, 2.24) is 0 Å². The molecular weight excluding hydrogens is 164 g/mol. The quantitative estimate of drug-likeness (QED) is 0.624. The van der Waals surface area contributed by atoms with Gasteiger partial charge in [-0.2, -0.15) is 0 Å². The van der Waals surface area contributed by atoms with Crippen molar-refractivity contribution >= 4 is 12.1 Å². The monoisotopic (exact) mass is 180 g/mol. The number of aldehydes is 1. The second kappa shape index (κ2) is 3.86. The molecule has 0 N–H and O–H groups in total. The van der Waals surface area contributed by atoms with Gasteiger partial charge in [0.15, 0.2) is 0 Å². The molecule has 13 heavy (non-hydrogen) atoms. The predicted molar refractivity (Wildman–Crippen MR) is 51.4 cm³/mol. The first-order chi connectivity index (χ1) is 6.12. The summed E-state index contributed by atoms with van der Waals surface area (Å²) >= 11 is 0. The molecule has 0 saturated heterocycles. The molecule has 1 aliphatic carbocycles. The highest BCUT2D eigenvalue weighted by atomic mass is 16.1. The number of hydrogen-bond acceptors (Lipinski definition) is 2. The van der Waals surface area contributed by atoms with Crippen LogP contribution in [0.2, 0.25) is 0 Å². The summed E-state index contributed by atoms with van der Waals surface area (Å²) in [4.78, 5) is 22.0. The Kier molecular flexibility index (Phi) is 3.02. The lowest BCUT2D eigenvalue weighted by Crippen LogP contribution is -2.29. The number of rotatable bonds is 3. The maximum atomic E-state index is 11.6. The molecule has 0 heterocycles. The molecule has 1 aliphatic rings. The second-order valence-electron chi connectivity index (χ2n) is 3.94. The number of hydrogen-bond donors (Lipinski definition) is 0. The van der Waals surface area contributed by atoms with Crippen LogP contribution >= 0.6 is 0 Å². The Balaban J connectivity index is 2.72. The summed E-state index contributed by atoms with van der Waals surface area (Å²) in [6, 6.07) is 0. The van der Waals surface area contributed by atoms with E-state index in [0.29, 0.717) is 12.2 Å². The van der Waals surface area contributed by atoms with Crippen LogP contribution in [0.3, 0.4) is 0 Å². The van der Waals surface area contributed by atoms with E-state index in [-0.39, 0.29) is 5.41 Å². The highest BCUT2D eigenvalue weighted by molar-refractivity contribution is 5.85. The second-order valence-corrected chi connectivity index (χ2v) is 3.94. The van der Waals surface area contributed by atoms with Crippen LogP contribution < -0.4 is 0 Å². The molecule has 1 atom stereocenters. The van der Waals surface area contributed by atoms with Gasteiger partial charge in [-0.15, -0.1) is 0 Å². The normalized spacial score (nSPS) is 28.0. The number of ketones is 1. The molecule has 72 valence electrons. The summed E-state index contributed by atoms with van der Waals surface area (Å²) < 4.78 is 0. The Labute approximate surface area is 79.0 Å². The van der Waals surface area contributed by atoms with Crippen molar-refractivity contribution in [3.63, 3.8) is 0 Å². The van der Waals surface area contributed by atoms with E-state index in [1.165, 1.54) is 0 Å². The first-order valence-electron chi connectivity index (χ1n) is 4.80. The van der Waals surface area contributed by atoms with E-state index in [1.807, 2.05) is 19.9 Å². The van der Waals surface area contributed by atoms with Gasteiger partial charge in [-0.3, -0.25) is 9.59 Å². The molecule has 0 radical (unpaired) electrons. The van der Waals surface area contributed by atoms with Crippen LogP contribution in [0.25, 0.3) is 0 Å². The van der Waals surface area contributed by atoms with Crippen LogP contribution in [0.1, 0.15) is 39.5 Å². The molecule has 1 unspecified atom stereocenters. The van der Waals surface area contributed by atoms with Crippen molar-refractivity contribution in [2.75, 3.05) is 0 Å². The number of Topliss-reactive ketones (excluding diaryl/α,β-unsaturated/α-hetero) is 1. The van der Waals surface area contributed by atoms with E-state index < -0.39 is 0 Å². The van der Waals surface area contributed by atoms with Gasteiger partial charge in [-0.1, -0.05) is 19.9 Å². The molecule has 0 aromatic heterocycles. The van der Waals surface area contributed by atoms with Gasteiger partial charge >= 0.3 is 0 Å². The molecule has 0 spiro atoms. The highest BCUT2D eigenvalue weighted by Gasteiger charge is 2.32. The molecule has 1 rings (SSSR count). The fraction of sp³-hybridized carbons (Fsp3) is 0.636. The average molecular weight is 180 g/mol. The van der Waals surface area contributed by atoms with Gasteiger partial charge in [-0.05, 0) is 24.8 Å². The van der Waals surface area contributed by atoms with Crippen molar-refractivity contribution in [3.05, 3.63) is 11.6 Å². The zero-order valence-electron chi connectivity index (χ0n) is 8.30. The van der Waals surface area contributed by atoms with Crippen LogP contribution in [0.5, 0.6) is 0 Å². The van der Waals surface area contributed by atoms with Crippen LogP contribution in [-0.4, -0.2) is 12.1 Å². The molecule has 0 aromatic carbocycles. The first-order valence-corrected chi connectivity index (χ1v) is 4.80. The van der Waals surface area contributed by atoms with Crippen molar-refractivity contribution in [2.24, 2.45) is 5.41 Å². The molecule has 2 heteroatoms. The van der Waals surface area contributed by atoms with E-state index in [2.05, 4.69) is 0 Å². The van der Waals surface area contributed by atoms with Gasteiger partial charge in [0.2, 0.25) is 0 Å². The molecule has 0 saturated carbocycles. The van der Waals surface area contributed by atoms with Gasteiger partial charge in [-0.25, -0.2) is 0 Å². The van der Waals surface area contributed by atoms with Crippen molar-refractivity contribution in [3.8, 4) is 0 Å². The third kappa shape index (κ3) is 2.06. The number of carbonyl (C=O) groups excluding carboxylic acids is 2. The Morgan fingerprint density at radius 1 is 1.69 bits per heavy atom. The van der Waals surface area contributed by atoms with Gasteiger partial charge < -0.3 is 0 Å². The maximum Gasteiger partial charge on any atom is 0.145 e. The molecule has 0 amide bonds. The fourth-order valence-corrected chi connectivity index (χ4v) is 1.77. The van der Waals surface area contributed by atoms with Crippen molar-refractivity contribution in [1.29, 1.82) is 0 Å². The smallest absolute Gasteiger partial charge is 0.145 e.